The second kappa shape index (κ2) is 8.91. The minimum absolute atomic E-state index is 0. The molecule has 2 rings (SSSR count). The quantitative estimate of drug-likeness (QED) is 0.535. The summed E-state index contributed by atoms with van der Waals surface area (Å²) in [6.45, 7) is 6.90. The Bertz CT molecular complexity index is 871. The van der Waals surface area contributed by atoms with Gasteiger partial charge in [-0.15, -0.1) is 0 Å². The summed E-state index contributed by atoms with van der Waals surface area (Å²) in [4.78, 5) is -0.263. The van der Waals surface area contributed by atoms with Crippen LogP contribution in [0.1, 0.15) is 22.3 Å². The fraction of sp³-hybridized carbons (Fsp3) is 0.250. The normalized spacial score (nSPS) is 11.1. The summed E-state index contributed by atoms with van der Waals surface area (Å²) in [5, 5.41) is 0. The second-order valence-electron chi connectivity index (χ2n) is 5.45. The van der Waals surface area contributed by atoms with Crippen LogP contribution < -0.4 is 0 Å². The van der Waals surface area contributed by atoms with Gasteiger partial charge in [0.2, 0.25) is 0 Å². The maximum absolute atomic E-state index is 10.6. The van der Waals surface area contributed by atoms with Crippen molar-refractivity contribution in [3.8, 4) is 0 Å². The minimum atomic E-state index is -4.30. The molecular weight excluding hydrogens is 411 g/mol. The average Bonchev–Trinajstić information content (AvgIpc) is 2.35. The molecule has 0 aromatic heterocycles. The first-order valence-corrected chi connectivity index (χ1v) is 9.70. The summed E-state index contributed by atoms with van der Waals surface area (Å²) in [5.74, 6) is 0. The van der Waals surface area contributed by atoms with Gasteiger partial charge in [0.05, 0.1) is 9.79 Å². The fourth-order valence-electron chi connectivity index (χ4n) is 2.16. The molecule has 2 aromatic carbocycles. The Morgan fingerprint density at radius 2 is 0.920 bits per heavy atom. The summed E-state index contributed by atoms with van der Waals surface area (Å²) < 4.78 is 63.7. The largest absolute Gasteiger partial charge is 2.00 e. The van der Waals surface area contributed by atoms with E-state index in [1.807, 2.05) is 13.8 Å². The van der Waals surface area contributed by atoms with E-state index in [0.717, 1.165) is 11.1 Å². The van der Waals surface area contributed by atoms with Crippen molar-refractivity contribution in [3.63, 3.8) is 0 Å². The van der Waals surface area contributed by atoms with E-state index in [1.54, 1.807) is 38.1 Å². The van der Waals surface area contributed by atoms with Gasteiger partial charge in [-0.2, -0.15) is 0 Å². The number of rotatable bonds is 2. The van der Waals surface area contributed by atoms with Crippen molar-refractivity contribution in [1.29, 1.82) is 0 Å². The monoisotopic (exact) mass is 428 g/mol. The van der Waals surface area contributed by atoms with E-state index in [0.29, 0.717) is 11.1 Å². The van der Waals surface area contributed by atoms with Gasteiger partial charge in [0.15, 0.2) is 0 Å². The van der Waals surface area contributed by atoms with Crippen LogP contribution in [0.4, 0.5) is 0 Å². The fourth-order valence-corrected chi connectivity index (χ4v) is 3.54. The number of hydrogen-bond acceptors (Lipinski definition) is 6. The molecular formula is C16H18NiO6S2. The molecule has 0 aliphatic rings. The summed E-state index contributed by atoms with van der Waals surface area (Å²) in [6, 6.07) is 9.24. The maximum atomic E-state index is 10.6. The summed E-state index contributed by atoms with van der Waals surface area (Å²) in [6.07, 6.45) is 0. The Morgan fingerprint density at radius 3 is 1.12 bits per heavy atom. The van der Waals surface area contributed by atoms with E-state index in [4.69, 9.17) is 0 Å². The van der Waals surface area contributed by atoms with Gasteiger partial charge in [0.25, 0.3) is 0 Å². The molecule has 0 saturated carbocycles. The zero-order valence-electron chi connectivity index (χ0n) is 14.0. The number of hydrogen-bond donors (Lipinski definition) is 0. The van der Waals surface area contributed by atoms with Gasteiger partial charge < -0.3 is 9.11 Å². The SMILES string of the molecule is Cc1ccc(S(=O)(=O)[O-])c(C)c1.Cc1ccc(S(=O)(=O)[O-])c(C)c1.[Ni+2]. The van der Waals surface area contributed by atoms with Crippen LogP contribution in [0.15, 0.2) is 46.2 Å². The molecule has 9 heteroatoms. The van der Waals surface area contributed by atoms with Gasteiger partial charge in [-0.25, -0.2) is 16.8 Å². The van der Waals surface area contributed by atoms with Crippen LogP contribution >= 0.6 is 0 Å². The van der Waals surface area contributed by atoms with Gasteiger partial charge in [0, 0.05) is 0 Å². The first-order chi connectivity index (χ1) is 10.8. The van der Waals surface area contributed by atoms with Crippen molar-refractivity contribution in [1.82, 2.24) is 0 Å². The molecule has 0 amide bonds. The van der Waals surface area contributed by atoms with Crippen LogP contribution in [0.2, 0.25) is 0 Å². The molecule has 0 fully saturated rings. The molecule has 6 nitrogen and oxygen atoms in total. The topological polar surface area (TPSA) is 114 Å². The summed E-state index contributed by atoms with van der Waals surface area (Å²) in [7, 11) is -8.60. The zero-order valence-corrected chi connectivity index (χ0v) is 16.7. The van der Waals surface area contributed by atoms with Crippen LogP contribution in [0.3, 0.4) is 0 Å². The van der Waals surface area contributed by atoms with E-state index in [1.165, 1.54) is 12.1 Å². The van der Waals surface area contributed by atoms with Crippen molar-refractivity contribution in [3.05, 3.63) is 58.7 Å². The van der Waals surface area contributed by atoms with Crippen molar-refractivity contribution < 1.29 is 42.4 Å². The van der Waals surface area contributed by atoms with Crippen molar-refractivity contribution in [2.45, 2.75) is 37.5 Å². The number of aryl methyl sites for hydroxylation is 4. The molecule has 0 unspecified atom stereocenters. The Kier molecular flexibility index (Phi) is 8.47. The molecule has 0 N–H and O–H groups in total. The second-order valence-corrected chi connectivity index (χ2v) is 8.14. The van der Waals surface area contributed by atoms with Gasteiger partial charge in [-0.1, -0.05) is 35.4 Å². The Morgan fingerprint density at radius 1 is 0.640 bits per heavy atom. The molecule has 0 aliphatic carbocycles. The van der Waals surface area contributed by atoms with Gasteiger partial charge in [-0.05, 0) is 51.0 Å². The molecule has 0 radical (unpaired) electrons. The molecule has 0 bridgehead atoms. The molecule has 0 aliphatic heterocycles. The van der Waals surface area contributed by atoms with Crippen LogP contribution in [-0.2, 0) is 36.7 Å². The van der Waals surface area contributed by atoms with E-state index in [-0.39, 0.29) is 26.3 Å². The molecule has 25 heavy (non-hydrogen) atoms. The Hall–Kier alpha value is -1.25. The van der Waals surface area contributed by atoms with E-state index < -0.39 is 20.2 Å². The van der Waals surface area contributed by atoms with Gasteiger partial charge >= 0.3 is 16.5 Å². The Labute approximate surface area is 158 Å². The van der Waals surface area contributed by atoms with E-state index >= 15 is 0 Å². The van der Waals surface area contributed by atoms with Crippen molar-refractivity contribution in [2.75, 3.05) is 0 Å². The minimum Gasteiger partial charge on any atom is -0.744 e. The predicted molar refractivity (Wildman–Crippen MR) is 87.8 cm³/mol. The molecule has 140 valence electrons. The Balaban J connectivity index is 0.000000443. The van der Waals surface area contributed by atoms with Crippen LogP contribution in [0.5, 0.6) is 0 Å². The zero-order chi connectivity index (χ0) is 18.7. The smallest absolute Gasteiger partial charge is 0.744 e. The van der Waals surface area contributed by atoms with E-state index in [9.17, 15) is 25.9 Å². The van der Waals surface area contributed by atoms with E-state index in [2.05, 4.69) is 0 Å². The van der Waals surface area contributed by atoms with Crippen molar-refractivity contribution >= 4 is 20.2 Å². The third-order valence-corrected chi connectivity index (χ3v) is 5.19. The molecule has 0 atom stereocenters. The number of benzene rings is 2. The van der Waals surface area contributed by atoms with Gasteiger partial charge in [-0.3, -0.25) is 0 Å². The third kappa shape index (κ3) is 7.25. The predicted octanol–water partition coefficient (Wildman–Crippen LogP) is 2.41. The van der Waals surface area contributed by atoms with Crippen LogP contribution in [0.25, 0.3) is 0 Å². The standard InChI is InChI=1S/2C8H10O3S.Ni/c2*1-6-3-4-8(7(2)5-6)12(9,10)11;/h2*3-5H,1-2H3,(H,9,10,11);/q;;+2/p-2. The van der Waals surface area contributed by atoms with Crippen LogP contribution in [-0.4, -0.2) is 25.9 Å². The molecule has 0 heterocycles. The first kappa shape index (κ1) is 23.8. The third-order valence-electron chi connectivity index (χ3n) is 3.20. The summed E-state index contributed by atoms with van der Waals surface area (Å²) in [5.41, 5.74) is 2.90. The first-order valence-electron chi connectivity index (χ1n) is 6.88. The molecule has 2 aromatic rings. The van der Waals surface area contributed by atoms with Crippen LogP contribution in [0, 0.1) is 27.7 Å². The maximum Gasteiger partial charge on any atom is 2.00 e. The van der Waals surface area contributed by atoms with Gasteiger partial charge in [0.1, 0.15) is 20.2 Å². The molecule has 0 spiro atoms. The molecule has 0 saturated heterocycles. The van der Waals surface area contributed by atoms with Crippen molar-refractivity contribution in [2.24, 2.45) is 0 Å². The average molecular weight is 429 g/mol. The summed E-state index contributed by atoms with van der Waals surface area (Å²) >= 11 is 0.